The Morgan fingerprint density at radius 3 is 2.53 bits per heavy atom. The van der Waals surface area contributed by atoms with Gasteiger partial charge >= 0.3 is 5.97 Å². The summed E-state index contributed by atoms with van der Waals surface area (Å²) in [5.74, 6) is -1.64. The fourth-order valence-electron chi connectivity index (χ4n) is 3.35. The Morgan fingerprint density at radius 2 is 1.77 bits per heavy atom. The number of hydrogen-bond acceptors (Lipinski definition) is 5. The van der Waals surface area contributed by atoms with Gasteiger partial charge in [-0.05, 0) is 29.2 Å². The van der Waals surface area contributed by atoms with Crippen LogP contribution in [-0.4, -0.2) is 41.7 Å². The number of rotatable bonds is 7. The summed E-state index contributed by atoms with van der Waals surface area (Å²) in [6.45, 7) is 3.53. The van der Waals surface area contributed by atoms with Crippen molar-refractivity contribution in [1.29, 1.82) is 0 Å². The number of carbonyl (C=O) groups is 4. The molecule has 156 valence electrons. The highest BCUT2D eigenvalue weighted by Crippen LogP contribution is 2.23. The average Bonchev–Trinajstić information content (AvgIpc) is 2.72. The van der Waals surface area contributed by atoms with Gasteiger partial charge in [0.2, 0.25) is 5.91 Å². The minimum Gasteiger partial charge on any atom is -0.456 e. The number of ether oxygens (including phenoxy) is 1. The van der Waals surface area contributed by atoms with Gasteiger partial charge in [-0.15, -0.1) is 0 Å². The quantitative estimate of drug-likeness (QED) is 0.562. The second-order valence-electron chi connectivity index (χ2n) is 7.39. The van der Waals surface area contributed by atoms with Crippen molar-refractivity contribution in [1.82, 2.24) is 4.90 Å². The summed E-state index contributed by atoms with van der Waals surface area (Å²) in [7, 11) is 0. The molecule has 3 rings (SSSR count). The summed E-state index contributed by atoms with van der Waals surface area (Å²) in [4.78, 5) is 49.9. The lowest BCUT2D eigenvalue weighted by Gasteiger charge is -2.26. The molecule has 2 aromatic carbocycles. The molecule has 0 spiro atoms. The lowest BCUT2D eigenvalue weighted by Crippen LogP contribution is -2.43. The van der Waals surface area contributed by atoms with Crippen molar-refractivity contribution in [3.05, 3.63) is 65.2 Å². The van der Waals surface area contributed by atoms with Crippen molar-refractivity contribution in [3.8, 4) is 0 Å². The van der Waals surface area contributed by atoms with Crippen molar-refractivity contribution >= 4 is 29.4 Å². The van der Waals surface area contributed by atoms with Crippen LogP contribution in [0.2, 0.25) is 0 Å². The Bertz CT molecular complexity index is 983. The number of nitrogens with one attached hydrogen (secondary N) is 1. The Balaban J connectivity index is 1.49. The number of anilines is 1. The third-order valence-corrected chi connectivity index (χ3v) is 4.90. The molecule has 0 bridgehead atoms. The molecular weight excluding hydrogens is 384 g/mol. The number of carbonyl (C=O) groups excluding carboxylic acids is 4. The highest BCUT2D eigenvalue weighted by Gasteiger charge is 2.30. The second kappa shape index (κ2) is 9.35. The van der Waals surface area contributed by atoms with Gasteiger partial charge in [-0.3, -0.25) is 24.1 Å². The molecule has 30 heavy (non-hydrogen) atoms. The van der Waals surface area contributed by atoms with E-state index >= 15 is 0 Å². The van der Waals surface area contributed by atoms with Gasteiger partial charge in [0.1, 0.15) is 0 Å². The van der Waals surface area contributed by atoms with E-state index in [1.54, 1.807) is 30.3 Å². The Hall–Kier alpha value is -3.48. The van der Waals surface area contributed by atoms with Crippen molar-refractivity contribution < 1.29 is 23.9 Å². The SMILES string of the molecule is CC(C)c1ccccc1NC(=O)COC(=O)CCN1C(=O)Cc2ccccc2C1=O. The Labute approximate surface area is 175 Å². The lowest BCUT2D eigenvalue weighted by atomic mass is 9.98. The van der Waals surface area contributed by atoms with Crippen molar-refractivity contribution in [2.45, 2.75) is 32.6 Å². The number of benzene rings is 2. The minimum absolute atomic E-state index is 0.0807. The number of amides is 3. The van der Waals surface area contributed by atoms with Gasteiger partial charge in [-0.25, -0.2) is 0 Å². The largest absolute Gasteiger partial charge is 0.456 e. The lowest BCUT2D eigenvalue weighted by molar-refractivity contribution is -0.147. The fraction of sp³-hybridized carbons (Fsp3) is 0.304. The number of hydrogen-bond donors (Lipinski definition) is 1. The summed E-state index contributed by atoms with van der Waals surface area (Å²) < 4.78 is 5.01. The minimum atomic E-state index is -0.651. The molecule has 1 aliphatic heterocycles. The zero-order valence-electron chi connectivity index (χ0n) is 17.0. The van der Waals surface area contributed by atoms with Gasteiger partial charge in [-0.2, -0.15) is 0 Å². The van der Waals surface area contributed by atoms with Crippen LogP contribution >= 0.6 is 0 Å². The van der Waals surface area contributed by atoms with Gasteiger partial charge in [-0.1, -0.05) is 50.2 Å². The molecular formula is C23H24N2O5. The van der Waals surface area contributed by atoms with Crippen LogP contribution in [-0.2, 0) is 25.5 Å². The monoisotopic (exact) mass is 408 g/mol. The van der Waals surface area contributed by atoms with E-state index in [1.807, 2.05) is 32.0 Å². The molecule has 0 aliphatic carbocycles. The molecule has 0 saturated heterocycles. The molecule has 0 unspecified atom stereocenters. The van der Waals surface area contributed by atoms with Crippen LogP contribution in [0.4, 0.5) is 5.69 Å². The normalized spacial score (nSPS) is 13.2. The molecule has 7 heteroatoms. The smallest absolute Gasteiger partial charge is 0.308 e. The van der Waals surface area contributed by atoms with Crippen LogP contribution < -0.4 is 5.32 Å². The van der Waals surface area contributed by atoms with E-state index < -0.39 is 24.4 Å². The average molecular weight is 408 g/mol. The number of esters is 1. The first-order chi connectivity index (χ1) is 14.4. The highest BCUT2D eigenvalue weighted by atomic mass is 16.5. The maximum absolute atomic E-state index is 12.5. The van der Waals surface area contributed by atoms with Crippen LogP contribution in [0.3, 0.4) is 0 Å². The first kappa shape index (κ1) is 21.2. The van der Waals surface area contributed by atoms with E-state index in [-0.39, 0.29) is 31.2 Å². The highest BCUT2D eigenvalue weighted by molar-refractivity contribution is 6.09. The standard InChI is InChI=1S/C23H24N2O5/c1-15(2)17-8-5-6-10-19(17)24-20(26)14-30-22(28)11-12-25-21(27)13-16-7-3-4-9-18(16)23(25)29/h3-10,15H,11-14H2,1-2H3,(H,24,26). The van der Waals surface area contributed by atoms with Crippen molar-refractivity contribution in [3.63, 3.8) is 0 Å². The molecule has 0 atom stereocenters. The molecule has 0 aromatic heterocycles. The number of imide groups is 1. The summed E-state index contributed by atoms with van der Waals surface area (Å²) in [5.41, 5.74) is 2.81. The second-order valence-corrected chi connectivity index (χ2v) is 7.39. The summed E-state index contributed by atoms with van der Waals surface area (Å²) in [6.07, 6.45) is -0.0515. The summed E-state index contributed by atoms with van der Waals surface area (Å²) in [6, 6.07) is 14.3. The molecule has 1 heterocycles. The van der Waals surface area contributed by atoms with Crippen LogP contribution in [0, 0.1) is 0 Å². The van der Waals surface area contributed by atoms with Gasteiger partial charge in [0.15, 0.2) is 6.61 Å². The van der Waals surface area contributed by atoms with E-state index in [1.165, 1.54) is 0 Å². The van der Waals surface area contributed by atoms with Gasteiger partial charge < -0.3 is 10.1 Å². The Kier molecular flexibility index (Phi) is 6.61. The van der Waals surface area contributed by atoms with Crippen LogP contribution in [0.1, 0.15) is 47.7 Å². The molecule has 0 saturated carbocycles. The van der Waals surface area contributed by atoms with Crippen LogP contribution in [0.25, 0.3) is 0 Å². The van der Waals surface area contributed by atoms with Gasteiger partial charge in [0.05, 0.1) is 12.8 Å². The fourth-order valence-corrected chi connectivity index (χ4v) is 3.35. The molecule has 0 fully saturated rings. The third-order valence-electron chi connectivity index (χ3n) is 4.90. The van der Waals surface area contributed by atoms with Gasteiger partial charge in [0.25, 0.3) is 11.8 Å². The number of nitrogens with zero attached hydrogens (tertiary/aromatic N) is 1. The van der Waals surface area contributed by atoms with E-state index in [0.717, 1.165) is 10.5 Å². The predicted molar refractivity (Wildman–Crippen MR) is 111 cm³/mol. The zero-order valence-corrected chi connectivity index (χ0v) is 17.0. The van der Waals surface area contributed by atoms with E-state index in [4.69, 9.17) is 4.74 Å². The van der Waals surface area contributed by atoms with E-state index in [0.29, 0.717) is 16.8 Å². The molecule has 0 radical (unpaired) electrons. The van der Waals surface area contributed by atoms with Crippen molar-refractivity contribution in [2.24, 2.45) is 0 Å². The number of para-hydroxylation sites is 1. The third kappa shape index (κ3) is 4.92. The number of fused-ring (bicyclic) bond motifs is 1. The Morgan fingerprint density at radius 1 is 1.07 bits per heavy atom. The van der Waals surface area contributed by atoms with E-state index in [9.17, 15) is 19.2 Å². The molecule has 2 aromatic rings. The van der Waals surface area contributed by atoms with E-state index in [2.05, 4.69) is 5.32 Å². The topological polar surface area (TPSA) is 92.8 Å². The first-order valence-corrected chi connectivity index (χ1v) is 9.84. The molecule has 7 nitrogen and oxygen atoms in total. The van der Waals surface area contributed by atoms with Crippen molar-refractivity contribution in [2.75, 3.05) is 18.5 Å². The van der Waals surface area contributed by atoms with Crippen LogP contribution in [0.5, 0.6) is 0 Å². The maximum Gasteiger partial charge on any atom is 0.308 e. The molecule has 1 N–H and O–H groups in total. The predicted octanol–water partition coefficient (Wildman–Crippen LogP) is 2.91. The first-order valence-electron chi connectivity index (χ1n) is 9.84. The summed E-state index contributed by atoms with van der Waals surface area (Å²) in [5, 5.41) is 2.74. The molecule has 1 aliphatic rings. The van der Waals surface area contributed by atoms with Crippen LogP contribution in [0.15, 0.2) is 48.5 Å². The maximum atomic E-state index is 12.5. The summed E-state index contributed by atoms with van der Waals surface area (Å²) >= 11 is 0. The van der Waals surface area contributed by atoms with Gasteiger partial charge in [0, 0.05) is 17.8 Å². The molecule has 3 amide bonds. The zero-order chi connectivity index (χ0) is 21.7.